The van der Waals surface area contributed by atoms with Gasteiger partial charge in [-0.05, 0) is 24.3 Å². The molecule has 0 saturated carbocycles. The van der Waals surface area contributed by atoms with Crippen molar-refractivity contribution in [1.82, 2.24) is 18.6 Å². The van der Waals surface area contributed by atoms with Gasteiger partial charge in [0.1, 0.15) is 0 Å². The average Bonchev–Trinajstić information content (AvgIpc) is 3.03. The van der Waals surface area contributed by atoms with E-state index in [1.807, 2.05) is 0 Å². The van der Waals surface area contributed by atoms with Crippen LogP contribution in [0.2, 0.25) is 10.0 Å². The number of fused-ring (bicyclic) bond motifs is 2. The number of nitrogens with two attached hydrogens (primary N) is 4. The summed E-state index contributed by atoms with van der Waals surface area (Å²) in [5.74, 6) is -0.214. The second kappa shape index (κ2) is 16.8. The number of nitrogens with zero attached hydrogens (tertiary/aromatic N) is 6. The summed E-state index contributed by atoms with van der Waals surface area (Å²) in [4.78, 5) is 15.6. The van der Waals surface area contributed by atoms with Gasteiger partial charge in [-0.25, -0.2) is 26.8 Å². The van der Waals surface area contributed by atoms with E-state index < -0.39 is 45.7 Å². The first-order chi connectivity index (χ1) is 23.3. The third kappa shape index (κ3) is 9.63. The van der Waals surface area contributed by atoms with Crippen LogP contribution < -0.4 is 22.9 Å². The molecule has 2 heterocycles. The van der Waals surface area contributed by atoms with Crippen molar-refractivity contribution >= 4 is 88.3 Å². The van der Waals surface area contributed by atoms with Crippen LogP contribution in [-0.2, 0) is 20.0 Å². The molecule has 0 spiro atoms. The van der Waals surface area contributed by atoms with Gasteiger partial charge in [-0.1, -0.05) is 49.2 Å². The second-order valence-corrected chi connectivity index (χ2v) is 14.9. The maximum atomic E-state index is 12.8. The van der Waals surface area contributed by atoms with E-state index in [-0.39, 0.29) is 43.8 Å². The third-order valence-electron chi connectivity index (χ3n) is 6.76. The molecule has 12 N–H and O–H groups in total. The highest BCUT2D eigenvalue weighted by Crippen LogP contribution is 2.33. The van der Waals surface area contributed by atoms with Crippen molar-refractivity contribution in [3.05, 3.63) is 58.8 Å². The summed E-state index contributed by atoms with van der Waals surface area (Å²) in [6.45, 7) is 2.78. The van der Waals surface area contributed by atoms with Gasteiger partial charge >= 0.3 is 0 Å². The predicted molar refractivity (Wildman–Crippen MR) is 190 cm³/mol. The molecule has 50 heavy (non-hydrogen) atoms. The third-order valence-corrected chi connectivity index (χ3v) is 11.2. The Morgan fingerprint density at radius 3 is 1.36 bits per heavy atom. The van der Waals surface area contributed by atoms with E-state index in [4.69, 9.17) is 66.6 Å². The number of hydrogen-bond donors (Lipinski definition) is 8. The fourth-order valence-electron chi connectivity index (χ4n) is 4.59. The number of aliphatic hydroxyl groups is 4. The molecule has 4 rings (SSSR count). The highest BCUT2D eigenvalue weighted by atomic mass is 35.5. The number of pyridine rings is 2. The molecule has 0 atom stereocenters. The first kappa shape index (κ1) is 40.5. The topological polar surface area (TPSA) is 310 Å². The van der Waals surface area contributed by atoms with Gasteiger partial charge in [0, 0.05) is 47.0 Å². The Bertz CT molecular complexity index is 2110. The second-order valence-electron chi connectivity index (χ2n) is 10.2. The molecular weight excluding hydrogens is 739 g/mol. The Hall–Kier alpha value is -3.96. The van der Waals surface area contributed by atoms with E-state index in [1.54, 1.807) is 19.9 Å². The minimum absolute atomic E-state index is 0.0300. The number of halogens is 2. The molecule has 0 amide bonds. The normalized spacial score (nSPS) is 12.1. The number of guanidine groups is 2. The standard InChI is InChI=1S/C14H18ClN5O6S.C14H18ClN5O2S/c15-10-4-18-13(19-14(16)17)9-3-7(1-2-8(9)10)27(25,26)20(5-11(21)22)6-12(23)24;1-3-20(4-2)23(21,22)9-5-6-10-11(7-9)13(19-14(16)17)18-8-12(10)15/h1-4,11-12,21-24H,5-6H2,(H4,16,17,18,19);5-8H,3-4H2,1-2H3,(H4,16,17,18,19). The summed E-state index contributed by atoms with van der Waals surface area (Å²) in [6.07, 6.45) is -1.32. The first-order valence-electron chi connectivity index (χ1n) is 14.4. The summed E-state index contributed by atoms with van der Waals surface area (Å²) >= 11 is 12.2. The van der Waals surface area contributed by atoms with Crippen molar-refractivity contribution in [3.63, 3.8) is 0 Å². The van der Waals surface area contributed by atoms with E-state index in [0.717, 1.165) is 0 Å². The number of hydrogen-bond acceptors (Lipinski definition) is 12. The Balaban J connectivity index is 0.000000274. The Labute approximate surface area is 297 Å². The fraction of sp³-hybridized carbons (Fsp3) is 0.286. The molecule has 0 fully saturated rings. The van der Waals surface area contributed by atoms with Crippen LogP contribution in [0.4, 0.5) is 11.6 Å². The zero-order chi connectivity index (χ0) is 37.6. The van der Waals surface area contributed by atoms with Gasteiger partial charge < -0.3 is 43.4 Å². The highest BCUT2D eigenvalue weighted by Gasteiger charge is 2.29. The SMILES string of the molecule is CCN(CC)S(=O)(=O)c1ccc2c(Cl)cnc(N=C(N)N)c2c1.NC(N)=Nc1ncc(Cl)c2ccc(S(=O)(=O)N(CC(O)O)CC(O)O)cc12. The van der Waals surface area contributed by atoms with Crippen molar-refractivity contribution in [3.8, 4) is 0 Å². The molecule has 0 aliphatic carbocycles. The molecule has 0 aliphatic rings. The lowest BCUT2D eigenvalue weighted by Gasteiger charge is -2.23. The predicted octanol–water partition coefficient (Wildman–Crippen LogP) is 0.229. The van der Waals surface area contributed by atoms with Crippen LogP contribution in [0.5, 0.6) is 0 Å². The van der Waals surface area contributed by atoms with E-state index in [9.17, 15) is 16.8 Å². The Morgan fingerprint density at radius 2 is 1.04 bits per heavy atom. The summed E-state index contributed by atoms with van der Waals surface area (Å²) in [5, 5.41) is 38.8. The van der Waals surface area contributed by atoms with Gasteiger partial charge in [0.2, 0.25) is 20.0 Å². The maximum Gasteiger partial charge on any atom is 0.243 e. The summed E-state index contributed by atoms with van der Waals surface area (Å²) in [7, 11) is -7.93. The van der Waals surface area contributed by atoms with Crippen LogP contribution in [0.25, 0.3) is 21.5 Å². The van der Waals surface area contributed by atoms with Crippen molar-refractivity contribution in [2.45, 2.75) is 36.2 Å². The van der Waals surface area contributed by atoms with Gasteiger partial charge in [0.25, 0.3) is 0 Å². The minimum Gasteiger partial charge on any atom is -0.370 e. The number of rotatable bonds is 12. The first-order valence-corrected chi connectivity index (χ1v) is 18.0. The van der Waals surface area contributed by atoms with E-state index in [0.29, 0.717) is 38.6 Å². The van der Waals surface area contributed by atoms with Crippen LogP contribution >= 0.6 is 23.2 Å². The number of aromatic nitrogens is 2. The monoisotopic (exact) mass is 774 g/mol. The van der Waals surface area contributed by atoms with E-state index >= 15 is 0 Å². The van der Waals surface area contributed by atoms with Crippen LogP contribution in [0.15, 0.2) is 68.6 Å². The van der Waals surface area contributed by atoms with Crippen molar-refractivity contribution < 1.29 is 37.3 Å². The highest BCUT2D eigenvalue weighted by molar-refractivity contribution is 7.89. The molecule has 4 aromatic rings. The smallest absolute Gasteiger partial charge is 0.243 e. The summed E-state index contributed by atoms with van der Waals surface area (Å²) < 4.78 is 52.8. The fourth-order valence-corrected chi connectivity index (χ4v) is 7.96. The number of aliphatic imine (C=N–C) groups is 2. The quantitative estimate of drug-likeness (QED) is 0.0543. The lowest BCUT2D eigenvalue weighted by atomic mass is 10.1. The number of aliphatic hydroxyl groups excluding tert-OH is 2. The van der Waals surface area contributed by atoms with Crippen LogP contribution in [0.3, 0.4) is 0 Å². The maximum absolute atomic E-state index is 12.8. The van der Waals surface area contributed by atoms with Crippen LogP contribution in [-0.4, -0.2) is 107 Å². The molecular formula is C28H36Cl2N10O8S2. The lowest BCUT2D eigenvalue weighted by Crippen LogP contribution is -2.42. The Kier molecular flexibility index (Phi) is 13.6. The van der Waals surface area contributed by atoms with Crippen molar-refractivity contribution in [1.29, 1.82) is 0 Å². The van der Waals surface area contributed by atoms with Gasteiger partial charge in [-0.15, -0.1) is 0 Å². The summed E-state index contributed by atoms with van der Waals surface area (Å²) in [6, 6.07) is 8.46. The summed E-state index contributed by atoms with van der Waals surface area (Å²) in [5.41, 5.74) is 21.5. The molecule has 18 nitrogen and oxygen atoms in total. The van der Waals surface area contributed by atoms with E-state index in [2.05, 4.69) is 20.0 Å². The van der Waals surface area contributed by atoms with Crippen LogP contribution in [0, 0.1) is 0 Å². The molecule has 0 radical (unpaired) electrons. The van der Waals surface area contributed by atoms with Gasteiger partial charge in [-0.3, -0.25) is 0 Å². The zero-order valence-electron chi connectivity index (χ0n) is 26.6. The number of sulfonamides is 2. The molecule has 0 unspecified atom stereocenters. The van der Waals surface area contributed by atoms with Crippen molar-refractivity contribution in [2.24, 2.45) is 32.9 Å². The van der Waals surface area contributed by atoms with Crippen LogP contribution in [0.1, 0.15) is 13.8 Å². The van der Waals surface area contributed by atoms with Gasteiger partial charge in [0.15, 0.2) is 36.1 Å². The van der Waals surface area contributed by atoms with Gasteiger partial charge in [-0.2, -0.15) is 18.6 Å². The van der Waals surface area contributed by atoms with E-state index in [1.165, 1.54) is 47.0 Å². The zero-order valence-corrected chi connectivity index (χ0v) is 29.7. The molecule has 22 heteroatoms. The molecule has 0 bridgehead atoms. The molecule has 2 aromatic carbocycles. The molecule has 0 saturated heterocycles. The molecule has 0 aliphatic heterocycles. The lowest BCUT2D eigenvalue weighted by molar-refractivity contribution is -0.0769. The number of benzene rings is 2. The van der Waals surface area contributed by atoms with Gasteiger partial charge in [0.05, 0.1) is 32.9 Å². The molecule has 272 valence electrons. The Morgan fingerprint density at radius 1 is 0.680 bits per heavy atom. The average molecular weight is 776 g/mol. The molecule has 2 aromatic heterocycles. The van der Waals surface area contributed by atoms with Crippen molar-refractivity contribution in [2.75, 3.05) is 26.2 Å². The largest absolute Gasteiger partial charge is 0.370 e. The minimum atomic E-state index is -4.33.